The van der Waals surface area contributed by atoms with Crippen molar-refractivity contribution in [2.75, 3.05) is 56.3 Å². The van der Waals surface area contributed by atoms with Crippen molar-refractivity contribution in [3.05, 3.63) is 48.4 Å². The SMILES string of the molecule is COc1ncccc1-c1nc(-c2ccc(N3CCOCC3)c(F)c2)cc(N2CC[C@H](O)C2)n1. The Morgan fingerprint density at radius 3 is 2.67 bits per heavy atom. The Kier molecular flexibility index (Phi) is 6.06. The summed E-state index contributed by atoms with van der Waals surface area (Å²) in [5.74, 6) is 1.23. The minimum atomic E-state index is -0.398. The fourth-order valence-electron chi connectivity index (χ4n) is 4.27. The predicted molar refractivity (Wildman–Crippen MR) is 123 cm³/mol. The number of β-amino-alcohol motifs (C(OH)–C–C–N with tert-alkyl or cyclic N) is 1. The Hall–Kier alpha value is -3.30. The number of aliphatic hydroxyl groups excluding tert-OH is 1. The van der Waals surface area contributed by atoms with Crippen LogP contribution in [0.2, 0.25) is 0 Å². The number of aliphatic hydroxyl groups is 1. The Bertz CT molecular complexity index is 1140. The third-order valence-electron chi connectivity index (χ3n) is 6.00. The molecule has 2 saturated heterocycles. The molecular weight excluding hydrogens is 425 g/mol. The Morgan fingerprint density at radius 1 is 1.09 bits per heavy atom. The second kappa shape index (κ2) is 9.29. The van der Waals surface area contributed by atoms with E-state index >= 15 is 4.39 Å². The molecule has 0 unspecified atom stereocenters. The second-order valence-electron chi connectivity index (χ2n) is 8.15. The number of morpholine rings is 1. The number of rotatable bonds is 5. The van der Waals surface area contributed by atoms with Gasteiger partial charge < -0.3 is 24.4 Å². The summed E-state index contributed by atoms with van der Waals surface area (Å²) in [6, 6.07) is 10.7. The highest BCUT2D eigenvalue weighted by Crippen LogP contribution is 2.32. The number of anilines is 2. The van der Waals surface area contributed by atoms with Crippen LogP contribution in [-0.4, -0.2) is 72.7 Å². The third-order valence-corrected chi connectivity index (χ3v) is 6.00. The van der Waals surface area contributed by atoms with Crippen LogP contribution in [-0.2, 0) is 4.74 Å². The summed E-state index contributed by atoms with van der Waals surface area (Å²) in [7, 11) is 1.55. The number of benzene rings is 1. The second-order valence-corrected chi connectivity index (χ2v) is 8.15. The van der Waals surface area contributed by atoms with Crippen LogP contribution < -0.4 is 14.5 Å². The van der Waals surface area contributed by atoms with E-state index < -0.39 is 6.10 Å². The van der Waals surface area contributed by atoms with Crippen LogP contribution >= 0.6 is 0 Å². The molecular formula is C24H26FN5O3. The van der Waals surface area contributed by atoms with Gasteiger partial charge in [0.05, 0.1) is 43.4 Å². The van der Waals surface area contributed by atoms with Crippen molar-refractivity contribution < 1.29 is 19.0 Å². The molecule has 0 amide bonds. The molecule has 2 aliphatic heterocycles. The molecule has 0 aliphatic carbocycles. The van der Waals surface area contributed by atoms with E-state index in [1.807, 2.05) is 28.0 Å². The number of methoxy groups -OCH3 is 1. The van der Waals surface area contributed by atoms with E-state index in [4.69, 9.17) is 19.4 Å². The minimum absolute atomic E-state index is 0.299. The number of halogens is 1. The lowest BCUT2D eigenvalue weighted by molar-refractivity contribution is 0.122. The maximum Gasteiger partial charge on any atom is 0.224 e. The van der Waals surface area contributed by atoms with Crippen LogP contribution in [0.25, 0.3) is 22.6 Å². The smallest absolute Gasteiger partial charge is 0.224 e. The highest BCUT2D eigenvalue weighted by atomic mass is 19.1. The zero-order chi connectivity index (χ0) is 22.8. The molecule has 3 aromatic rings. The molecule has 1 N–H and O–H groups in total. The summed E-state index contributed by atoms with van der Waals surface area (Å²) in [5.41, 5.74) is 2.45. The van der Waals surface area contributed by atoms with Gasteiger partial charge in [0.15, 0.2) is 5.82 Å². The fourth-order valence-corrected chi connectivity index (χ4v) is 4.27. The van der Waals surface area contributed by atoms with Crippen LogP contribution in [0.5, 0.6) is 5.88 Å². The van der Waals surface area contributed by atoms with Crippen LogP contribution in [0.4, 0.5) is 15.9 Å². The molecule has 172 valence electrons. The summed E-state index contributed by atoms with van der Waals surface area (Å²) in [5, 5.41) is 10.0. The minimum Gasteiger partial charge on any atom is -0.480 e. The van der Waals surface area contributed by atoms with Crippen molar-refractivity contribution in [3.8, 4) is 28.5 Å². The number of aromatic nitrogens is 3. The van der Waals surface area contributed by atoms with Gasteiger partial charge in [0.2, 0.25) is 5.88 Å². The highest BCUT2D eigenvalue weighted by Gasteiger charge is 2.24. The van der Waals surface area contributed by atoms with E-state index in [0.29, 0.717) is 85.8 Å². The zero-order valence-electron chi connectivity index (χ0n) is 18.4. The molecule has 0 spiro atoms. The molecule has 0 saturated carbocycles. The van der Waals surface area contributed by atoms with Crippen molar-refractivity contribution in [1.82, 2.24) is 15.0 Å². The standard InChI is InChI=1S/C24H26FN5O3/c1-32-24-18(3-2-7-26-24)23-27-20(14-22(28-23)30-8-6-17(31)15-30)16-4-5-21(19(25)13-16)29-9-11-33-12-10-29/h2-5,7,13-14,17,31H,6,8-12,15H2,1H3/t17-/m0/s1. The van der Waals surface area contributed by atoms with E-state index in [0.717, 1.165) is 0 Å². The molecule has 1 atom stereocenters. The predicted octanol–water partition coefficient (Wildman–Crippen LogP) is 2.76. The summed E-state index contributed by atoms with van der Waals surface area (Å²) in [6.07, 6.45) is 1.92. The molecule has 0 radical (unpaired) electrons. The molecule has 33 heavy (non-hydrogen) atoms. The lowest BCUT2D eigenvalue weighted by atomic mass is 10.1. The van der Waals surface area contributed by atoms with Crippen molar-refractivity contribution in [1.29, 1.82) is 0 Å². The monoisotopic (exact) mass is 451 g/mol. The van der Waals surface area contributed by atoms with Gasteiger partial charge in [-0.1, -0.05) is 6.07 Å². The summed E-state index contributed by atoms with van der Waals surface area (Å²) >= 11 is 0. The molecule has 2 fully saturated rings. The van der Waals surface area contributed by atoms with Gasteiger partial charge in [-0.05, 0) is 30.7 Å². The first kappa shape index (κ1) is 21.5. The van der Waals surface area contributed by atoms with Gasteiger partial charge >= 0.3 is 0 Å². The average Bonchev–Trinajstić information content (AvgIpc) is 3.30. The van der Waals surface area contributed by atoms with E-state index in [-0.39, 0.29) is 5.82 Å². The van der Waals surface area contributed by atoms with Crippen LogP contribution in [0.3, 0.4) is 0 Å². The summed E-state index contributed by atoms with van der Waals surface area (Å²) < 4.78 is 25.9. The quantitative estimate of drug-likeness (QED) is 0.634. The molecule has 2 aromatic heterocycles. The number of pyridine rings is 1. The van der Waals surface area contributed by atoms with E-state index in [1.54, 1.807) is 25.4 Å². The zero-order valence-corrected chi connectivity index (χ0v) is 18.4. The molecule has 2 aliphatic rings. The highest BCUT2D eigenvalue weighted by molar-refractivity contribution is 5.71. The Balaban J connectivity index is 1.57. The first-order valence-electron chi connectivity index (χ1n) is 11.1. The lowest BCUT2D eigenvalue weighted by Crippen LogP contribution is -2.36. The lowest BCUT2D eigenvalue weighted by Gasteiger charge is -2.29. The summed E-state index contributed by atoms with van der Waals surface area (Å²) in [4.78, 5) is 17.7. The van der Waals surface area contributed by atoms with Crippen molar-refractivity contribution in [3.63, 3.8) is 0 Å². The topological polar surface area (TPSA) is 83.8 Å². The maximum atomic E-state index is 15.1. The summed E-state index contributed by atoms with van der Waals surface area (Å²) in [6.45, 7) is 3.69. The molecule has 0 bridgehead atoms. The molecule has 9 heteroatoms. The number of nitrogens with zero attached hydrogens (tertiary/aromatic N) is 5. The largest absolute Gasteiger partial charge is 0.480 e. The van der Waals surface area contributed by atoms with Crippen LogP contribution in [0, 0.1) is 5.82 Å². The van der Waals surface area contributed by atoms with E-state index in [2.05, 4.69) is 4.98 Å². The van der Waals surface area contributed by atoms with Gasteiger partial charge in [0.1, 0.15) is 11.6 Å². The van der Waals surface area contributed by atoms with Gasteiger partial charge in [-0.3, -0.25) is 0 Å². The van der Waals surface area contributed by atoms with Gasteiger partial charge in [0, 0.05) is 44.0 Å². The third kappa shape index (κ3) is 4.46. The molecule has 4 heterocycles. The maximum absolute atomic E-state index is 15.1. The van der Waals surface area contributed by atoms with Gasteiger partial charge in [0.25, 0.3) is 0 Å². The van der Waals surface area contributed by atoms with Gasteiger partial charge in [-0.15, -0.1) is 0 Å². The Labute approximate surface area is 191 Å². The van der Waals surface area contributed by atoms with Gasteiger partial charge in [-0.2, -0.15) is 0 Å². The number of hydrogen-bond acceptors (Lipinski definition) is 8. The first-order valence-corrected chi connectivity index (χ1v) is 11.1. The van der Waals surface area contributed by atoms with E-state index in [1.165, 1.54) is 6.07 Å². The van der Waals surface area contributed by atoms with Crippen LogP contribution in [0.1, 0.15) is 6.42 Å². The number of hydrogen-bond donors (Lipinski definition) is 1. The average molecular weight is 452 g/mol. The van der Waals surface area contributed by atoms with Crippen molar-refractivity contribution in [2.45, 2.75) is 12.5 Å². The molecule has 8 nitrogen and oxygen atoms in total. The van der Waals surface area contributed by atoms with Crippen molar-refractivity contribution in [2.24, 2.45) is 0 Å². The molecule has 1 aromatic carbocycles. The van der Waals surface area contributed by atoms with Crippen molar-refractivity contribution >= 4 is 11.5 Å². The van der Waals surface area contributed by atoms with Gasteiger partial charge in [-0.25, -0.2) is 19.3 Å². The van der Waals surface area contributed by atoms with Crippen LogP contribution in [0.15, 0.2) is 42.6 Å². The van der Waals surface area contributed by atoms with E-state index in [9.17, 15) is 5.11 Å². The Morgan fingerprint density at radius 2 is 1.94 bits per heavy atom. The normalized spacial score (nSPS) is 18.6. The first-order chi connectivity index (χ1) is 16.1. The fraction of sp³-hybridized carbons (Fsp3) is 0.375. The molecule has 5 rings (SSSR count). The number of ether oxygens (including phenoxy) is 2.